The molecular weight excluding hydrogens is 304 g/mol. The summed E-state index contributed by atoms with van der Waals surface area (Å²) in [7, 11) is 0. The first-order chi connectivity index (χ1) is 11.2. The van der Waals surface area contributed by atoms with Crippen molar-refractivity contribution >= 4 is 11.9 Å². The van der Waals surface area contributed by atoms with Crippen molar-refractivity contribution in [3.63, 3.8) is 0 Å². The largest absolute Gasteiger partial charge is 0.481 e. The number of hydrogen-bond acceptors (Lipinski definition) is 2. The predicted molar refractivity (Wildman–Crippen MR) is 98.1 cm³/mol. The van der Waals surface area contributed by atoms with Gasteiger partial charge in [0.1, 0.15) is 0 Å². The van der Waals surface area contributed by atoms with Gasteiger partial charge in [0.25, 0.3) is 0 Å². The van der Waals surface area contributed by atoms with Crippen molar-refractivity contribution in [2.24, 2.45) is 23.2 Å². The van der Waals surface area contributed by atoms with Gasteiger partial charge in [0.05, 0.1) is 12.3 Å². The van der Waals surface area contributed by atoms with Crippen molar-refractivity contribution in [3.05, 3.63) is 0 Å². The minimum absolute atomic E-state index is 0.0569. The Balaban J connectivity index is 5.09. The van der Waals surface area contributed by atoms with Crippen LogP contribution in [0.4, 0.5) is 0 Å². The number of hydrogen-bond donors (Lipinski definition) is 2. The Morgan fingerprint density at radius 2 is 1.58 bits per heavy atom. The fourth-order valence-corrected chi connectivity index (χ4v) is 4.38. The van der Waals surface area contributed by atoms with Crippen molar-refractivity contribution in [1.82, 2.24) is 0 Å². The minimum atomic E-state index is -1.02. The molecule has 0 aromatic carbocycles. The Labute approximate surface area is 148 Å². The first kappa shape index (κ1) is 22.9. The van der Waals surface area contributed by atoms with Gasteiger partial charge in [-0.05, 0) is 42.9 Å². The SMILES string of the molecule is CCCC(C)CC(C)CC(CC)(CCC)CC(CC(=O)O)C(=O)O. The number of rotatable bonds is 14. The second-order valence-corrected chi connectivity index (χ2v) is 7.88. The third-order valence-corrected chi connectivity index (χ3v) is 5.35. The molecule has 0 aromatic rings. The Morgan fingerprint density at radius 1 is 0.958 bits per heavy atom. The van der Waals surface area contributed by atoms with Gasteiger partial charge >= 0.3 is 11.9 Å². The van der Waals surface area contributed by atoms with Crippen molar-refractivity contribution in [2.75, 3.05) is 0 Å². The Kier molecular flexibility index (Phi) is 11.0. The van der Waals surface area contributed by atoms with Gasteiger partial charge in [0, 0.05) is 0 Å². The molecule has 0 heterocycles. The zero-order chi connectivity index (χ0) is 18.8. The van der Waals surface area contributed by atoms with Crippen LogP contribution in [0.5, 0.6) is 0 Å². The van der Waals surface area contributed by atoms with E-state index in [4.69, 9.17) is 5.11 Å². The standard InChI is InChI=1S/C20H38O4/c1-6-9-15(4)11-16(5)13-20(8-3,10-7-2)14-17(19(23)24)12-18(21)22/h15-17H,6-14H2,1-5H3,(H,21,22)(H,23,24). The number of aliphatic carboxylic acids is 2. The molecular formula is C20H38O4. The average molecular weight is 343 g/mol. The molecule has 4 atom stereocenters. The van der Waals surface area contributed by atoms with Crippen LogP contribution in [-0.4, -0.2) is 22.2 Å². The lowest BCUT2D eigenvalue weighted by molar-refractivity contribution is -0.149. The number of carboxylic acids is 2. The highest BCUT2D eigenvalue weighted by Gasteiger charge is 2.35. The Morgan fingerprint density at radius 3 is 2.00 bits per heavy atom. The maximum Gasteiger partial charge on any atom is 0.307 e. The molecule has 0 amide bonds. The number of carbonyl (C=O) groups is 2. The number of carboxylic acid groups (broad SMARTS) is 2. The highest BCUT2D eigenvalue weighted by molar-refractivity contribution is 5.77. The van der Waals surface area contributed by atoms with Gasteiger partial charge in [-0.1, -0.05) is 60.3 Å². The van der Waals surface area contributed by atoms with E-state index >= 15 is 0 Å². The molecule has 0 aliphatic heterocycles. The summed E-state index contributed by atoms with van der Waals surface area (Å²) in [4.78, 5) is 22.5. The Bertz CT molecular complexity index is 380. The van der Waals surface area contributed by atoms with Crippen LogP contribution in [0, 0.1) is 23.2 Å². The van der Waals surface area contributed by atoms with E-state index in [-0.39, 0.29) is 11.8 Å². The monoisotopic (exact) mass is 342 g/mol. The lowest BCUT2D eigenvalue weighted by Crippen LogP contribution is -2.31. The van der Waals surface area contributed by atoms with E-state index in [0.29, 0.717) is 18.3 Å². The zero-order valence-electron chi connectivity index (χ0n) is 16.3. The van der Waals surface area contributed by atoms with Crippen LogP contribution in [0.25, 0.3) is 0 Å². The molecule has 24 heavy (non-hydrogen) atoms. The second-order valence-electron chi connectivity index (χ2n) is 7.88. The Hall–Kier alpha value is -1.06. The molecule has 0 saturated heterocycles. The molecule has 0 saturated carbocycles. The van der Waals surface area contributed by atoms with E-state index in [0.717, 1.165) is 32.1 Å². The van der Waals surface area contributed by atoms with Gasteiger partial charge in [-0.15, -0.1) is 0 Å². The molecule has 0 bridgehead atoms. The highest BCUT2D eigenvalue weighted by Crippen LogP contribution is 2.43. The van der Waals surface area contributed by atoms with Crippen molar-refractivity contribution in [2.45, 2.75) is 92.4 Å². The maximum atomic E-state index is 11.5. The van der Waals surface area contributed by atoms with E-state index in [9.17, 15) is 14.7 Å². The van der Waals surface area contributed by atoms with Gasteiger partial charge in [0.15, 0.2) is 0 Å². The first-order valence-electron chi connectivity index (χ1n) is 9.64. The topological polar surface area (TPSA) is 74.6 Å². The summed E-state index contributed by atoms with van der Waals surface area (Å²) in [6.45, 7) is 11.0. The van der Waals surface area contributed by atoms with Gasteiger partial charge in [-0.3, -0.25) is 9.59 Å². The molecule has 0 rings (SSSR count). The smallest absolute Gasteiger partial charge is 0.307 e. The van der Waals surface area contributed by atoms with Crippen LogP contribution in [0.1, 0.15) is 92.4 Å². The molecule has 0 aliphatic carbocycles. The lowest BCUT2D eigenvalue weighted by atomic mass is 9.67. The fourth-order valence-electron chi connectivity index (χ4n) is 4.38. The molecule has 4 nitrogen and oxygen atoms in total. The van der Waals surface area contributed by atoms with E-state index < -0.39 is 17.9 Å². The van der Waals surface area contributed by atoms with Crippen LogP contribution >= 0.6 is 0 Å². The normalized spacial score (nSPS) is 17.7. The molecule has 0 aliphatic rings. The molecule has 0 spiro atoms. The lowest BCUT2D eigenvalue weighted by Gasteiger charge is -2.37. The van der Waals surface area contributed by atoms with Crippen molar-refractivity contribution < 1.29 is 19.8 Å². The van der Waals surface area contributed by atoms with Crippen molar-refractivity contribution in [1.29, 1.82) is 0 Å². The predicted octanol–water partition coefficient (Wildman–Crippen LogP) is 5.60. The summed E-state index contributed by atoms with van der Waals surface area (Å²) in [5, 5.41) is 18.5. The molecule has 4 unspecified atom stereocenters. The van der Waals surface area contributed by atoms with Crippen LogP contribution in [0.15, 0.2) is 0 Å². The highest BCUT2D eigenvalue weighted by atomic mass is 16.4. The van der Waals surface area contributed by atoms with E-state index in [1.807, 2.05) is 0 Å². The van der Waals surface area contributed by atoms with Gasteiger partial charge in [-0.2, -0.15) is 0 Å². The van der Waals surface area contributed by atoms with E-state index in [1.165, 1.54) is 12.8 Å². The van der Waals surface area contributed by atoms with Gasteiger partial charge in [-0.25, -0.2) is 0 Å². The fraction of sp³-hybridized carbons (Fsp3) is 0.900. The molecule has 142 valence electrons. The summed E-state index contributed by atoms with van der Waals surface area (Å²) < 4.78 is 0. The third kappa shape index (κ3) is 8.70. The molecule has 0 fully saturated rings. The quantitative estimate of drug-likeness (QED) is 0.431. The summed E-state index contributed by atoms with van der Waals surface area (Å²) >= 11 is 0. The minimum Gasteiger partial charge on any atom is -0.481 e. The summed E-state index contributed by atoms with van der Waals surface area (Å²) in [5.74, 6) is -1.55. The summed E-state index contributed by atoms with van der Waals surface area (Å²) in [6.07, 6.45) is 7.67. The molecule has 0 aromatic heterocycles. The van der Waals surface area contributed by atoms with Crippen molar-refractivity contribution in [3.8, 4) is 0 Å². The zero-order valence-corrected chi connectivity index (χ0v) is 16.3. The van der Waals surface area contributed by atoms with Crippen LogP contribution in [-0.2, 0) is 9.59 Å². The maximum absolute atomic E-state index is 11.5. The molecule has 4 heteroatoms. The third-order valence-electron chi connectivity index (χ3n) is 5.35. The van der Waals surface area contributed by atoms with Gasteiger partial charge < -0.3 is 10.2 Å². The molecule has 2 N–H and O–H groups in total. The van der Waals surface area contributed by atoms with E-state index in [1.54, 1.807) is 0 Å². The second kappa shape index (κ2) is 11.5. The van der Waals surface area contributed by atoms with Crippen LogP contribution in [0.2, 0.25) is 0 Å². The summed E-state index contributed by atoms with van der Waals surface area (Å²) in [6, 6.07) is 0. The molecule has 0 radical (unpaired) electrons. The average Bonchev–Trinajstić information content (AvgIpc) is 2.46. The van der Waals surface area contributed by atoms with E-state index in [2.05, 4.69) is 34.6 Å². The first-order valence-corrected chi connectivity index (χ1v) is 9.64. The van der Waals surface area contributed by atoms with Crippen LogP contribution < -0.4 is 0 Å². The van der Waals surface area contributed by atoms with Gasteiger partial charge in [0.2, 0.25) is 0 Å². The summed E-state index contributed by atoms with van der Waals surface area (Å²) in [5.41, 5.74) is -0.0569. The van der Waals surface area contributed by atoms with Crippen LogP contribution in [0.3, 0.4) is 0 Å².